The number of aromatic carboxylic acids is 1. The quantitative estimate of drug-likeness (QED) is 0.927. The van der Waals surface area contributed by atoms with Gasteiger partial charge in [0.15, 0.2) is 5.76 Å². The molecule has 1 aromatic heterocycles. The first kappa shape index (κ1) is 13.5. The molecule has 0 atom stereocenters. The number of nitrogens with zero attached hydrogens (tertiary/aromatic N) is 1. The monoisotopic (exact) mass is 283 g/mol. The molecular weight excluding hydrogens is 273 g/mol. The van der Waals surface area contributed by atoms with Gasteiger partial charge in [0.25, 0.3) is 0 Å². The Kier molecular flexibility index (Phi) is 3.85. The number of aromatic nitrogens is 1. The van der Waals surface area contributed by atoms with Gasteiger partial charge < -0.3 is 9.63 Å². The molecule has 0 fully saturated rings. The van der Waals surface area contributed by atoms with E-state index < -0.39 is 11.8 Å². The van der Waals surface area contributed by atoms with Crippen molar-refractivity contribution in [2.75, 3.05) is 0 Å². The van der Waals surface area contributed by atoms with E-state index in [2.05, 4.69) is 5.16 Å². The SMILES string of the molecule is CCCc1onc(-c2ccc(Cl)c(F)c2)c1C(=O)O. The van der Waals surface area contributed by atoms with E-state index >= 15 is 0 Å². The minimum absolute atomic E-state index is 0.0245. The molecule has 0 saturated carbocycles. The molecule has 2 rings (SSSR count). The lowest BCUT2D eigenvalue weighted by Crippen LogP contribution is -2.01. The number of benzene rings is 1. The van der Waals surface area contributed by atoms with Crippen LogP contribution in [0.3, 0.4) is 0 Å². The molecule has 19 heavy (non-hydrogen) atoms. The van der Waals surface area contributed by atoms with Gasteiger partial charge in [0.1, 0.15) is 17.1 Å². The first-order valence-corrected chi connectivity index (χ1v) is 6.09. The highest BCUT2D eigenvalue weighted by atomic mass is 35.5. The summed E-state index contributed by atoms with van der Waals surface area (Å²) in [5.41, 5.74) is 0.417. The average Bonchev–Trinajstić information content (AvgIpc) is 2.77. The predicted octanol–water partition coefficient (Wildman–Crippen LogP) is 3.78. The second-order valence-corrected chi connectivity index (χ2v) is 4.42. The van der Waals surface area contributed by atoms with Crippen molar-refractivity contribution in [1.82, 2.24) is 5.16 Å². The predicted molar refractivity (Wildman–Crippen MR) is 67.9 cm³/mol. The van der Waals surface area contributed by atoms with Gasteiger partial charge in [0.05, 0.1) is 5.02 Å². The molecule has 0 aliphatic rings. The summed E-state index contributed by atoms with van der Waals surface area (Å²) in [6, 6.07) is 4.00. The standard InChI is InChI=1S/C13H11ClFNO3/c1-2-3-10-11(13(17)18)12(16-19-10)7-4-5-8(14)9(15)6-7/h4-6H,2-3H2,1H3,(H,17,18). The molecule has 0 aliphatic heterocycles. The fourth-order valence-corrected chi connectivity index (χ4v) is 1.90. The largest absolute Gasteiger partial charge is 0.477 e. The molecule has 6 heteroatoms. The summed E-state index contributed by atoms with van der Waals surface area (Å²) in [4.78, 5) is 11.3. The molecule has 2 aromatic rings. The summed E-state index contributed by atoms with van der Waals surface area (Å²) in [7, 11) is 0. The van der Waals surface area contributed by atoms with Crippen LogP contribution in [-0.4, -0.2) is 16.2 Å². The van der Waals surface area contributed by atoms with E-state index in [1.165, 1.54) is 12.1 Å². The Morgan fingerprint density at radius 1 is 1.53 bits per heavy atom. The maximum absolute atomic E-state index is 13.4. The first-order chi connectivity index (χ1) is 9.04. The van der Waals surface area contributed by atoms with E-state index in [0.717, 1.165) is 12.5 Å². The average molecular weight is 284 g/mol. The van der Waals surface area contributed by atoms with Crippen LogP contribution in [0.4, 0.5) is 4.39 Å². The zero-order valence-corrected chi connectivity index (χ0v) is 10.9. The summed E-state index contributed by atoms with van der Waals surface area (Å²) in [5, 5.41) is 12.9. The zero-order chi connectivity index (χ0) is 14.0. The van der Waals surface area contributed by atoms with Crippen molar-refractivity contribution >= 4 is 17.6 Å². The molecule has 0 bridgehead atoms. The number of carboxylic acids is 1. The molecule has 0 saturated heterocycles. The van der Waals surface area contributed by atoms with Crippen LogP contribution in [0.2, 0.25) is 5.02 Å². The van der Waals surface area contributed by atoms with Crippen LogP contribution in [0, 0.1) is 5.82 Å². The number of hydrogen-bond acceptors (Lipinski definition) is 3. The number of halogens is 2. The smallest absolute Gasteiger partial charge is 0.341 e. The van der Waals surface area contributed by atoms with Crippen molar-refractivity contribution in [1.29, 1.82) is 0 Å². The lowest BCUT2D eigenvalue weighted by molar-refractivity contribution is 0.0695. The topological polar surface area (TPSA) is 63.3 Å². The lowest BCUT2D eigenvalue weighted by atomic mass is 10.0. The Bertz CT molecular complexity index is 624. The Hall–Kier alpha value is -1.88. The summed E-state index contributed by atoms with van der Waals surface area (Å²) < 4.78 is 18.5. The van der Waals surface area contributed by atoms with Crippen LogP contribution in [-0.2, 0) is 6.42 Å². The van der Waals surface area contributed by atoms with Crippen LogP contribution < -0.4 is 0 Å². The molecule has 0 amide bonds. The van der Waals surface area contributed by atoms with Gasteiger partial charge in [-0.15, -0.1) is 0 Å². The summed E-state index contributed by atoms with van der Waals surface area (Å²) in [6.07, 6.45) is 1.19. The summed E-state index contributed by atoms with van der Waals surface area (Å²) in [6.45, 7) is 1.90. The fourth-order valence-electron chi connectivity index (χ4n) is 1.78. The van der Waals surface area contributed by atoms with Crippen molar-refractivity contribution in [2.45, 2.75) is 19.8 Å². The third-order valence-corrected chi connectivity index (χ3v) is 2.95. The highest BCUT2D eigenvalue weighted by molar-refractivity contribution is 6.30. The molecule has 1 N–H and O–H groups in total. The molecule has 4 nitrogen and oxygen atoms in total. The third kappa shape index (κ3) is 2.61. The number of rotatable bonds is 4. The molecule has 100 valence electrons. The summed E-state index contributed by atoms with van der Waals surface area (Å²) in [5.74, 6) is -1.48. The van der Waals surface area contributed by atoms with Crippen molar-refractivity contribution < 1.29 is 18.8 Å². The van der Waals surface area contributed by atoms with E-state index in [9.17, 15) is 14.3 Å². The normalized spacial score (nSPS) is 10.7. The van der Waals surface area contributed by atoms with Crippen molar-refractivity contribution in [3.8, 4) is 11.3 Å². The maximum atomic E-state index is 13.4. The molecule has 0 aliphatic carbocycles. The second-order valence-electron chi connectivity index (χ2n) is 4.01. The molecule has 0 spiro atoms. The third-order valence-electron chi connectivity index (χ3n) is 2.65. The second kappa shape index (κ2) is 5.40. The van der Waals surface area contributed by atoms with E-state index in [1.807, 2.05) is 6.92 Å². The van der Waals surface area contributed by atoms with Crippen molar-refractivity contribution in [3.05, 3.63) is 40.4 Å². The minimum atomic E-state index is -1.14. The zero-order valence-electron chi connectivity index (χ0n) is 10.1. The van der Waals surface area contributed by atoms with E-state index in [0.29, 0.717) is 17.7 Å². The van der Waals surface area contributed by atoms with Crippen LogP contribution in [0.25, 0.3) is 11.3 Å². The minimum Gasteiger partial charge on any atom is -0.477 e. The molecule has 0 radical (unpaired) electrons. The fraction of sp³-hybridized carbons (Fsp3) is 0.231. The van der Waals surface area contributed by atoms with Gasteiger partial charge in [-0.1, -0.05) is 29.7 Å². The van der Waals surface area contributed by atoms with Crippen molar-refractivity contribution in [2.24, 2.45) is 0 Å². The highest BCUT2D eigenvalue weighted by Crippen LogP contribution is 2.28. The van der Waals surface area contributed by atoms with Gasteiger partial charge in [0.2, 0.25) is 0 Å². The summed E-state index contributed by atoms with van der Waals surface area (Å²) >= 11 is 5.59. The lowest BCUT2D eigenvalue weighted by Gasteiger charge is -2.00. The molecule has 0 unspecified atom stereocenters. The van der Waals surface area contributed by atoms with Crippen LogP contribution in [0.1, 0.15) is 29.5 Å². The van der Waals surface area contributed by atoms with E-state index in [1.54, 1.807) is 0 Å². The van der Waals surface area contributed by atoms with Crippen LogP contribution in [0.15, 0.2) is 22.7 Å². The number of aryl methyl sites for hydroxylation is 1. The van der Waals surface area contributed by atoms with E-state index in [4.69, 9.17) is 16.1 Å². The van der Waals surface area contributed by atoms with E-state index in [-0.39, 0.29) is 16.3 Å². The first-order valence-electron chi connectivity index (χ1n) is 5.71. The van der Waals surface area contributed by atoms with Gasteiger partial charge >= 0.3 is 5.97 Å². The Morgan fingerprint density at radius 3 is 2.84 bits per heavy atom. The van der Waals surface area contributed by atoms with Gasteiger partial charge in [-0.3, -0.25) is 0 Å². The molecule has 1 heterocycles. The number of carbonyl (C=O) groups is 1. The van der Waals surface area contributed by atoms with Gasteiger partial charge in [-0.05, 0) is 18.6 Å². The Labute approximate surface area is 113 Å². The van der Waals surface area contributed by atoms with Crippen molar-refractivity contribution in [3.63, 3.8) is 0 Å². The van der Waals surface area contributed by atoms with Gasteiger partial charge in [-0.2, -0.15) is 0 Å². The highest BCUT2D eigenvalue weighted by Gasteiger charge is 2.23. The van der Waals surface area contributed by atoms with Crippen LogP contribution in [0.5, 0.6) is 0 Å². The Balaban J connectivity index is 2.55. The van der Waals surface area contributed by atoms with Crippen LogP contribution >= 0.6 is 11.6 Å². The number of carboxylic acid groups (broad SMARTS) is 1. The molecular formula is C13H11ClFNO3. The van der Waals surface area contributed by atoms with Gasteiger partial charge in [0, 0.05) is 12.0 Å². The maximum Gasteiger partial charge on any atom is 0.341 e. The number of hydrogen-bond donors (Lipinski definition) is 1. The molecule has 1 aromatic carbocycles. The Morgan fingerprint density at radius 2 is 2.26 bits per heavy atom. The van der Waals surface area contributed by atoms with Gasteiger partial charge in [-0.25, -0.2) is 9.18 Å².